The van der Waals surface area contributed by atoms with E-state index in [2.05, 4.69) is 26.6 Å². The predicted molar refractivity (Wildman–Crippen MR) is 90.8 cm³/mol. The van der Waals surface area contributed by atoms with Crippen molar-refractivity contribution in [3.8, 4) is 0 Å². The van der Waals surface area contributed by atoms with Gasteiger partial charge >= 0.3 is 11.8 Å². The molecular weight excluding hydrogens is 368 g/mol. The van der Waals surface area contributed by atoms with Crippen molar-refractivity contribution in [2.45, 2.75) is 13.5 Å². The zero-order chi connectivity index (χ0) is 16.1. The molecular formula is C16H14BrClN2O2. The number of hydrogen-bond donors (Lipinski definition) is 2. The van der Waals surface area contributed by atoms with Crippen LogP contribution in [0.25, 0.3) is 0 Å². The summed E-state index contributed by atoms with van der Waals surface area (Å²) in [5.41, 5.74) is 2.37. The van der Waals surface area contributed by atoms with E-state index >= 15 is 0 Å². The van der Waals surface area contributed by atoms with E-state index in [1.54, 1.807) is 30.3 Å². The molecule has 2 N–H and O–H groups in total. The van der Waals surface area contributed by atoms with Crippen LogP contribution in [-0.4, -0.2) is 11.8 Å². The Kier molecular flexibility index (Phi) is 5.57. The lowest BCUT2D eigenvalue weighted by molar-refractivity contribution is -0.136. The molecule has 0 aromatic heterocycles. The molecule has 2 amide bonds. The van der Waals surface area contributed by atoms with Crippen molar-refractivity contribution in [1.29, 1.82) is 0 Å². The molecule has 0 atom stereocenters. The van der Waals surface area contributed by atoms with Crippen LogP contribution in [0.3, 0.4) is 0 Å². The largest absolute Gasteiger partial charge is 0.344 e. The number of halogens is 2. The van der Waals surface area contributed by atoms with Crippen LogP contribution in [0.4, 0.5) is 5.69 Å². The minimum absolute atomic E-state index is 0.242. The molecule has 2 aromatic rings. The molecule has 0 aliphatic rings. The Hall–Kier alpha value is -1.85. The second-order valence-electron chi connectivity index (χ2n) is 4.73. The van der Waals surface area contributed by atoms with Gasteiger partial charge in [-0.05, 0) is 48.4 Å². The van der Waals surface area contributed by atoms with E-state index in [1.165, 1.54) is 0 Å². The second kappa shape index (κ2) is 7.42. The predicted octanol–water partition coefficient (Wildman–Crippen LogP) is 3.67. The molecule has 0 fully saturated rings. The Balaban J connectivity index is 1.92. The topological polar surface area (TPSA) is 58.2 Å². The van der Waals surface area contributed by atoms with Crippen molar-refractivity contribution in [1.82, 2.24) is 5.32 Å². The molecule has 0 saturated carbocycles. The highest BCUT2D eigenvalue weighted by atomic mass is 79.9. The number of benzene rings is 2. The van der Waals surface area contributed by atoms with E-state index in [9.17, 15) is 9.59 Å². The maximum Gasteiger partial charge on any atom is 0.313 e. The van der Waals surface area contributed by atoms with Crippen molar-refractivity contribution >= 4 is 45.0 Å². The standard InChI is InChI=1S/C16H14BrClN2O2/c1-10-7-13(5-6-14(10)17)20-16(22)15(21)19-9-11-3-2-4-12(18)8-11/h2-8H,9H2,1H3,(H,19,21)(H,20,22). The van der Waals surface area contributed by atoms with Crippen molar-refractivity contribution in [3.05, 3.63) is 63.1 Å². The first-order valence-corrected chi connectivity index (χ1v) is 7.72. The molecule has 22 heavy (non-hydrogen) atoms. The molecule has 0 radical (unpaired) electrons. The Labute approximate surface area is 142 Å². The number of amides is 2. The SMILES string of the molecule is Cc1cc(NC(=O)C(=O)NCc2cccc(Cl)c2)ccc1Br. The number of carbonyl (C=O) groups is 2. The Morgan fingerprint density at radius 1 is 1.14 bits per heavy atom. The number of rotatable bonds is 3. The maximum atomic E-state index is 11.8. The van der Waals surface area contributed by atoms with Crippen LogP contribution in [0, 0.1) is 6.92 Å². The summed E-state index contributed by atoms with van der Waals surface area (Å²) in [4.78, 5) is 23.6. The fourth-order valence-corrected chi connectivity index (χ4v) is 2.28. The molecule has 0 unspecified atom stereocenters. The van der Waals surface area contributed by atoms with Gasteiger partial charge < -0.3 is 10.6 Å². The van der Waals surface area contributed by atoms with Crippen molar-refractivity contribution in [3.63, 3.8) is 0 Å². The first-order valence-electron chi connectivity index (χ1n) is 6.55. The van der Waals surface area contributed by atoms with Gasteiger partial charge in [0.15, 0.2) is 0 Å². The third-order valence-electron chi connectivity index (χ3n) is 2.96. The van der Waals surface area contributed by atoms with Gasteiger partial charge in [0.05, 0.1) is 0 Å². The van der Waals surface area contributed by atoms with Gasteiger partial charge in [0.1, 0.15) is 0 Å². The third-order valence-corrected chi connectivity index (χ3v) is 4.09. The summed E-state index contributed by atoms with van der Waals surface area (Å²) in [5, 5.41) is 5.70. The maximum absolute atomic E-state index is 11.8. The molecule has 2 rings (SSSR count). The van der Waals surface area contributed by atoms with Gasteiger partial charge in [0.2, 0.25) is 0 Å². The molecule has 6 heteroatoms. The molecule has 0 aliphatic heterocycles. The summed E-state index contributed by atoms with van der Waals surface area (Å²) in [5.74, 6) is -1.40. The normalized spacial score (nSPS) is 10.1. The lowest BCUT2D eigenvalue weighted by Gasteiger charge is -2.08. The van der Waals surface area contributed by atoms with Crippen LogP contribution in [0.5, 0.6) is 0 Å². The Bertz CT molecular complexity index is 719. The van der Waals surface area contributed by atoms with E-state index in [0.29, 0.717) is 10.7 Å². The lowest BCUT2D eigenvalue weighted by atomic mass is 10.2. The molecule has 0 bridgehead atoms. The number of hydrogen-bond acceptors (Lipinski definition) is 2. The summed E-state index contributed by atoms with van der Waals surface area (Å²) in [6.07, 6.45) is 0. The number of aryl methyl sites for hydroxylation is 1. The Morgan fingerprint density at radius 3 is 2.59 bits per heavy atom. The van der Waals surface area contributed by atoms with Crippen LogP contribution >= 0.6 is 27.5 Å². The molecule has 0 heterocycles. The quantitative estimate of drug-likeness (QED) is 0.797. The van der Waals surface area contributed by atoms with Crippen LogP contribution in [0.15, 0.2) is 46.9 Å². The first-order chi connectivity index (χ1) is 10.5. The Morgan fingerprint density at radius 2 is 1.91 bits per heavy atom. The van der Waals surface area contributed by atoms with Crippen LogP contribution in [0.2, 0.25) is 5.02 Å². The van der Waals surface area contributed by atoms with Gasteiger partial charge in [-0.15, -0.1) is 0 Å². The summed E-state index contributed by atoms with van der Waals surface area (Å²) in [7, 11) is 0. The fraction of sp³-hybridized carbons (Fsp3) is 0.125. The highest BCUT2D eigenvalue weighted by Gasteiger charge is 2.13. The van der Waals surface area contributed by atoms with Crippen LogP contribution in [0.1, 0.15) is 11.1 Å². The molecule has 0 spiro atoms. The van der Waals surface area contributed by atoms with E-state index in [1.807, 2.05) is 19.1 Å². The van der Waals surface area contributed by atoms with Gasteiger partial charge in [-0.1, -0.05) is 39.7 Å². The smallest absolute Gasteiger partial charge is 0.313 e. The average Bonchev–Trinajstić information content (AvgIpc) is 2.48. The zero-order valence-electron chi connectivity index (χ0n) is 11.8. The molecule has 4 nitrogen and oxygen atoms in total. The minimum atomic E-state index is -0.705. The first kappa shape index (κ1) is 16.5. The summed E-state index contributed by atoms with van der Waals surface area (Å²) in [6.45, 7) is 2.14. The van der Waals surface area contributed by atoms with E-state index in [0.717, 1.165) is 15.6 Å². The fourth-order valence-electron chi connectivity index (χ4n) is 1.82. The van der Waals surface area contributed by atoms with E-state index in [-0.39, 0.29) is 6.54 Å². The number of nitrogens with one attached hydrogen (secondary N) is 2. The summed E-state index contributed by atoms with van der Waals surface area (Å²) in [6, 6.07) is 12.4. The molecule has 0 saturated heterocycles. The highest BCUT2D eigenvalue weighted by molar-refractivity contribution is 9.10. The summed E-state index contributed by atoms with van der Waals surface area (Å²) >= 11 is 9.24. The van der Waals surface area contributed by atoms with Gasteiger partial charge in [-0.3, -0.25) is 9.59 Å². The van der Waals surface area contributed by atoms with Crippen molar-refractivity contribution < 1.29 is 9.59 Å². The van der Waals surface area contributed by atoms with Gasteiger partial charge in [0, 0.05) is 21.7 Å². The van der Waals surface area contributed by atoms with E-state index in [4.69, 9.17) is 11.6 Å². The minimum Gasteiger partial charge on any atom is -0.344 e. The number of carbonyl (C=O) groups excluding carboxylic acids is 2. The van der Waals surface area contributed by atoms with E-state index < -0.39 is 11.8 Å². The van der Waals surface area contributed by atoms with Crippen molar-refractivity contribution in [2.75, 3.05) is 5.32 Å². The third kappa shape index (κ3) is 4.58. The average molecular weight is 382 g/mol. The van der Waals surface area contributed by atoms with Gasteiger partial charge in [0.25, 0.3) is 0 Å². The monoisotopic (exact) mass is 380 g/mol. The van der Waals surface area contributed by atoms with Crippen molar-refractivity contribution in [2.24, 2.45) is 0 Å². The highest BCUT2D eigenvalue weighted by Crippen LogP contribution is 2.19. The van der Waals surface area contributed by atoms with Crippen LogP contribution in [-0.2, 0) is 16.1 Å². The van der Waals surface area contributed by atoms with Gasteiger partial charge in [-0.2, -0.15) is 0 Å². The van der Waals surface area contributed by atoms with Gasteiger partial charge in [-0.25, -0.2) is 0 Å². The zero-order valence-corrected chi connectivity index (χ0v) is 14.2. The summed E-state index contributed by atoms with van der Waals surface area (Å²) < 4.78 is 0.941. The van der Waals surface area contributed by atoms with Crippen LogP contribution < -0.4 is 10.6 Å². The molecule has 2 aromatic carbocycles. The lowest BCUT2D eigenvalue weighted by Crippen LogP contribution is -2.34. The molecule has 0 aliphatic carbocycles. The number of anilines is 1. The second-order valence-corrected chi connectivity index (χ2v) is 6.02. The molecule has 114 valence electrons.